The average Bonchev–Trinajstić information content (AvgIpc) is 2.19. The third kappa shape index (κ3) is 3.53. The van der Waals surface area contributed by atoms with Crippen molar-refractivity contribution in [1.29, 1.82) is 0 Å². The summed E-state index contributed by atoms with van der Waals surface area (Å²) in [4.78, 5) is 11.5. The molecule has 1 heterocycles. The van der Waals surface area contributed by atoms with Crippen LogP contribution in [0.2, 0.25) is 0 Å². The summed E-state index contributed by atoms with van der Waals surface area (Å²) in [5.41, 5.74) is 0. The summed E-state index contributed by atoms with van der Waals surface area (Å²) in [6.07, 6.45) is 1.91. The Kier molecular flexibility index (Phi) is 4.53. The van der Waals surface area contributed by atoms with Gasteiger partial charge in [0.05, 0.1) is 12.5 Å². The molecule has 0 spiro atoms. The molecule has 1 fully saturated rings. The van der Waals surface area contributed by atoms with E-state index in [9.17, 15) is 4.79 Å². The molecule has 0 aliphatic carbocycles. The van der Waals surface area contributed by atoms with Gasteiger partial charge in [-0.25, -0.2) is 0 Å². The van der Waals surface area contributed by atoms with Gasteiger partial charge < -0.3 is 10.1 Å². The Hall–Kier alpha value is -0.280. The Morgan fingerprint density at radius 1 is 1.77 bits per heavy atom. The molecular formula is C9H16ClNO2. The summed E-state index contributed by atoms with van der Waals surface area (Å²) in [7, 11) is 0. The van der Waals surface area contributed by atoms with Crippen LogP contribution in [-0.2, 0) is 9.53 Å². The molecule has 0 bridgehead atoms. The van der Waals surface area contributed by atoms with Gasteiger partial charge in [-0.1, -0.05) is 0 Å². The Morgan fingerprint density at radius 2 is 2.54 bits per heavy atom. The summed E-state index contributed by atoms with van der Waals surface area (Å²) < 4.78 is 5.22. The van der Waals surface area contributed by atoms with Gasteiger partial charge in [-0.05, 0) is 19.8 Å². The van der Waals surface area contributed by atoms with E-state index < -0.39 is 0 Å². The summed E-state index contributed by atoms with van der Waals surface area (Å²) in [5.74, 6) is 0.562. The van der Waals surface area contributed by atoms with Crippen molar-refractivity contribution in [3.8, 4) is 0 Å². The lowest BCUT2D eigenvalue weighted by atomic mass is 10.0. The van der Waals surface area contributed by atoms with Gasteiger partial charge in [0.25, 0.3) is 0 Å². The monoisotopic (exact) mass is 205 g/mol. The van der Waals surface area contributed by atoms with Crippen molar-refractivity contribution in [1.82, 2.24) is 5.32 Å². The molecule has 1 aliphatic rings. The predicted molar refractivity (Wildman–Crippen MR) is 51.9 cm³/mol. The second-order valence-electron chi connectivity index (χ2n) is 3.48. The zero-order valence-corrected chi connectivity index (χ0v) is 8.64. The maximum Gasteiger partial charge on any atom is 0.225 e. The van der Waals surface area contributed by atoms with Crippen LogP contribution in [-0.4, -0.2) is 31.0 Å². The Labute approximate surface area is 83.8 Å². The number of ether oxygens (including phenoxy) is 1. The summed E-state index contributed by atoms with van der Waals surface area (Å²) >= 11 is 5.59. The molecule has 0 radical (unpaired) electrons. The van der Waals surface area contributed by atoms with Crippen LogP contribution in [0.5, 0.6) is 0 Å². The molecule has 0 saturated carbocycles. The van der Waals surface area contributed by atoms with E-state index in [1.54, 1.807) is 0 Å². The van der Waals surface area contributed by atoms with E-state index in [4.69, 9.17) is 16.3 Å². The largest absolute Gasteiger partial charge is 0.381 e. The number of carbonyl (C=O) groups excluding carboxylic acids is 1. The number of hydrogen-bond donors (Lipinski definition) is 1. The molecule has 3 nitrogen and oxygen atoms in total. The van der Waals surface area contributed by atoms with Gasteiger partial charge in [-0.3, -0.25) is 4.79 Å². The topological polar surface area (TPSA) is 38.3 Å². The van der Waals surface area contributed by atoms with E-state index in [2.05, 4.69) is 5.32 Å². The third-order valence-corrected chi connectivity index (χ3v) is 2.61. The van der Waals surface area contributed by atoms with Gasteiger partial charge in [0, 0.05) is 18.5 Å². The third-order valence-electron chi connectivity index (χ3n) is 2.15. The highest BCUT2D eigenvalue weighted by atomic mass is 35.5. The van der Waals surface area contributed by atoms with E-state index in [1.807, 2.05) is 6.92 Å². The molecule has 13 heavy (non-hydrogen) atoms. The van der Waals surface area contributed by atoms with Gasteiger partial charge in [-0.2, -0.15) is 0 Å². The highest BCUT2D eigenvalue weighted by Gasteiger charge is 2.22. The maximum atomic E-state index is 11.5. The first kappa shape index (κ1) is 10.8. The molecule has 1 rings (SSSR count). The molecule has 0 aromatic carbocycles. The number of carbonyl (C=O) groups is 1. The minimum atomic E-state index is 0.0272. The first-order valence-electron chi connectivity index (χ1n) is 4.68. The highest BCUT2D eigenvalue weighted by Crippen LogP contribution is 2.13. The smallest absolute Gasteiger partial charge is 0.225 e. The Bertz CT molecular complexity index is 169. The number of nitrogens with one attached hydrogen (secondary N) is 1. The van der Waals surface area contributed by atoms with Gasteiger partial charge in [0.15, 0.2) is 0 Å². The second-order valence-corrected chi connectivity index (χ2v) is 3.79. The van der Waals surface area contributed by atoms with Crippen LogP contribution in [0.4, 0.5) is 0 Å². The van der Waals surface area contributed by atoms with Crippen LogP contribution >= 0.6 is 11.6 Å². The van der Waals surface area contributed by atoms with Gasteiger partial charge >= 0.3 is 0 Å². The maximum absolute atomic E-state index is 11.5. The van der Waals surface area contributed by atoms with E-state index in [-0.39, 0.29) is 17.9 Å². The van der Waals surface area contributed by atoms with E-state index >= 15 is 0 Å². The zero-order valence-electron chi connectivity index (χ0n) is 7.88. The molecule has 0 aromatic rings. The van der Waals surface area contributed by atoms with Crippen molar-refractivity contribution in [3.63, 3.8) is 0 Å². The highest BCUT2D eigenvalue weighted by molar-refractivity contribution is 6.18. The Balaban J connectivity index is 2.29. The van der Waals surface area contributed by atoms with Crippen molar-refractivity contribution >= 4 is 17.5 Å². The molecular weight excluding hydrogens is 190 g/mol. The fourth-order valence-electron chi connectivity index (χ4n) is 1.35. The number of rotatable bonds is 3. The summed E-state index contributed by atoms with van der Waals surface area (Å²) in [6, 6.07) is 0.0519. The van der Waals surface area contributed by atoms with Crippen LogP contribution < -0.4 is 5.32 Å². The lowest BCUT2D eigenvalue weighted by molar-refractivity contribution is -0.129. The lowest BCUT2D eigenvalue weighted by Crippen LogP contribution is -2.41. The summed E-state index contributed by atoms with van der Waals surface area (Å²) in [6.45, 7) is 3.24. The first-order valence-corrected chi connectivity index (χ1v) is 5.21. The van der Waals surface area contributed by atoms with Crippen LogP contribution in [0.25, 0.3) is 0 Å². The molecule has 1 aliphatic heterocycles. The standard InChI is InChI=1S/C9H16ClNO2/c1-7(5-10)11-9(12)8-3-2-4-13-6-8/h7-8H,2-6H2,1H3,(H,11,12). The van der Waals surface area contributed by atoms with Crippen LogP contribution in [0.1, 0.15) is 19.8 Å². The molecule has 1 saturated heterocycles. The summed E-state index contributed by atoms with van der Waals surface area (Å²) in [5, 5.41) is 2.85. The van der Waals surface area contributed by atoms with Crippen molar-refractivity contribution in [3.05, 3.63) is 0 Å². The van der Waals surface area contributed by atoms with Crippen LogP contribution in [0.3, 0.4) is 0 Å². The molecule has 1 amide bonds. The van der Waals surface area contributed by atoms with Crippen molar-refractivity contribution in [2.45, 2.75) is 25.8 Å². The predicted octanol–water partition coefficient (Wildman–Crippen LogP) is 1.16. The van der Waals surface area contributed by atoms with Crippen molar-refractivity contribution < 1.29 is 9.53 Å². The van der Waals surface area contributed by atoms with Crippen LogP contribution in [0.15, 0.2) is 0 Å². The molecule has 1 N–H and O–H groups in total. The van der Waals surface area contributed by atoms with Crippen LogP contribution in [0, 0.1) is 5.92 Å². The van der Waals surface area contributed by atoms with E-state index in [0.717, 1.165) is 19.4 Å². The quantitative estimate of drug-likeness (QED) is 0.703. The van der Waals surface area contributed by atoms with E-state index in [0.29, 0.717) is 12.5 Å². The van der Waals surface area contributed by atoms with Crippen molar-refractivity contribution in [2.75, 3.05) is 19.1 Å². The van der Waals surface area contributed by atoms with Gasteiger partial charge in [0.2, 0.25) is 5.91 Å². The minimum absolute atomic E-state index is 0.0272. The molecule has 4 heteroatoms. The number of hydrogen-bond acceptors (Lipinski definition) is 2. The normalized spacial score (nSPS) is 25.2. The first-order chi connectivity index (χ1) is 6.24. The van der Waals surface area contributed by atoms with Gasteiger partial charge in [0.1, 0.15) is 0 Å². The fraction of sp³-hybridized carbons (Fsp3) is 0.889. The number of halogens is 1. The minimum Gasteiger partial charge on any atom is -0.381 e. The average molecular weight is 206 g/mol. The second kappa shape index (κ2) is 5.45. The molecule has 2 atom stereocenters. The zero-order chi connectivity index (χ0) is 9.68. The number of amides is 1. The molecule has 76 valence electrons. The fourth-order valence-corrected chi connectivity index (χ4v) is 1.42. The van der Waals surface area contributed by atoms with E-state index in [1.165, 1.54) is 0 Å². The Morgan fingerprint density at radius 3 is 3.08 bits per heavy atom. The molecule has 0 aromatic heterocycles. The number of alkyl halides is 1. The van der Waals surface area contributed by atoms with Crippen molar-refractivity contribution in [2.24, 2.45) is 5.92 Å². The SMILES string of the molecule is CC(CCl)NC(=O)C1CCCOC1. The molecule has 2 unspecified atom stereocenters. The lowest BCUT2D eigenvalue weighted by Gasteiger charge is -2.22. The van der Waals surface area contributed by atoms with Gasteiger partial charge in [-0.15, -0.1) is 11.6 Å².